The van der Waals surface area contributed by atoms with E-state index >= 15 is 0 Å². The van der Waals surface area contributed by atoms with Crippen molar-refractivity contribution in [2.45, 2.75) is 63.1 Å². The summed E-state index contributed by atoms with van der Waals surface area (Å²) in [6.07, 6.45) is 8.55. The zero-order chi connectivity index (χ0) is 11.2. The van der Waals surface area contributed by atoms with Crippen LogP contribution in [0.4, 0.5) is 0 Å². The van der Waals surface area contributed by atoms with E-state index in [1.807, 2.05) is 0 Å². The number of likely N-dealkylation sites (tertiary alicyclic amines) is 1. The maximum atomic E-state index is 9.51. The van der Waals surface area contributed by atoms with E-state index in [1.165, 1.54) is 32.1 Å². The van der Waals surface area contributed by atoms with Gasteiger partial charge in [0.15, 0.2) is 0 Å². The Labute approximate surface area is 98.0 Å². The van der Waals surface area contributed by atoms with Crippen LogP contribution in [0.25, 0.3) is 0 Å². The molecule has 0 bridgehead atoms. The molecule has 1 atom stereocenters. The minimum absolute atomic E-state index is 0.0389. The molecule has 3 N–H and O–H groups in total. The van der Waals surface area contributed by atoms with Crippen molar-refractivity contribution < 1.29 is 5.11 Å². The number of nitrogens with zero attached hydrogens (tertiary/aromatic N) is 1. The molecule has 0 radical (unpaired) electrons. The summed E-state index contributed by atoms with van der Waals surface area (Å²) in [7, 11) is 0. The fourth-order valence-electron chi connectivity index (χ4n) is 3.75. The Balaban J connectivity index is 1.50. The third kappa shape index (κ3) is 1.89. The van der Waals surface area contributed by atoms with Crippen molar-refractivity contribution in [1.82, 2.24) is 4.90 Å². The van der Waals surface area contributed by atoms with Crippen LogP contribution in [-0.2, 0) is 0 Å². The van der Waals surface area contributed by atoms with Gasteiger partial charge in [-0.25, -0.2) is 0 Å². The molecule has 1 unspecified atom stereocenters. The molecule has 0 amide bonds. The van der Waals surface area contributed by atoms with Crippen LogP contribution in [0.2, 0.25) is 0 Å². The lowest BCUT2D eigenvalue weighted by molar-refractivity contribution is 0.0431. The van der Waals surface area contributed by atoms with Crippen LogP contribution in [0.1, 0.15) is 44.9 Å². The smallest absolute Gasteiger partial charge is 0.0564 e. The fourth-order valence-corrected chi connectivity index (χ4v) is 3.75. The van der Waals surface area contributed by atoms with Crippen molar-refractivity contribution in [2.24, 2.45) is 11.1 Å². The Morgan fingerprint density at radius 3 is 2.12 bits per heavy atom. The van der Waals surface area contributed by atoms with Crippen molar-refractivity contribution in [2.75, 3.05) is 13.1 Å². The SMILES string of the molecule is NC1CC12CCC(N1CCC(O)CC1)CC2. The predicted octanol–water partition coefficient (Wildman–Crippen LogP) is 1.10. The Morgan fingerprint density at radius 2 is 1.62 bits per heavy atom. The lowest BCUT2D eigenvalue weighted by Gasteiger charge is -2.40. The molecule has 3 fully saturated rings. The zero-order valence-corrected chi connectivity index (χ0v) is 10.1. The van der Waals surface area contributed by atoms with Gasteiger partial charge in [-0.05, 0) is 50.4 Å². The number of aliphatic hydroxyl groups is 1. The molecule has 3 rings (SSSR count). The van der Waals surface area contributed by atoms with Gasteiger partial charge in [-0.3, -0.25) is 0 Å². The molecule has 92 valence electrons. The van der Waals surface area contributed by atoms with E-state index in [2.05, 4.69) is 4.90 Å². The minimum atomic E-state index is -0.0389. The molecule has 1 spiro atoms. The van der Waals surface area contributed by atoms with E-state index in [1.54, 1.807) is 0 Å². The first kappa shape index (κ1) is 11.0. The summed E-state index contributed by atoms with van der Waals surface area (Å²) < 4.78 is 0. The number of rotatable bonds is 1. The van der Waals surface area contributed by atoms with Gasteiger partial charge in [-0.15, -0.1) is 0 Å². The zero-order valence-electron chi connectivity index (χ0n) is 10.1. The van der Waals surface area contributed by atoms with Crippen LogP contribution in [0, 0.1) is 5.41 Å². The number of aliphatic hydroxyl groups excluding tert-OH is 1. The quantitative estimate of drug-likeness (QED) is 0.701. The molecule has 1 saturated heterocycles. The minimum Gasteiger partial charge on any atom is -0.393 e. The van der Waals surface area contributed by atoms with Gasteiger partial charge in [0, 0.05) is 25.2 Å². The van der Waals surface area contributed by atoms with Crippen molar-refractivity contribution in [3.63, 3.8) is 0 Å². The molecule has 0 aromatic rings. The van der Waals surface area contributed by atoms with Crippen LogP contribution in [0.5, 0.6) is 0 Å². The average Bonchev–Trinajstić information content (AvgIpc) is 2.91. The summed E-state index contributed by atoms with van der Waals surface area (Å²) >= 11 is 0. The van der Waals surface area contributed by atoms with E-state index < -0.39 is 0 Å². The molecular formula is C13H24N2O. The van der Waals surface area contributed by atoms with Gasteiger partial charge in [-0.2, -0.15) is 0 Å². The number of nitrogens with two attached hydrogens (primary N) is 1. The highest BCUT2D eigenvalue weighted by atomic mass is 16.3. The highest BCUT2D eigenvalue weighted by Crippen LogP contribution is 2.55. The van der Waals surface area contributed by atoms with E-state index in [0.29, 0.717) is 11.5 Å². The summed E-state index contributed by atoms with van der Waals surface area (Å²) in [5.41, 5.74) is 6.59. The molecule has 0 aromatic heterocycles. The standard InChI is InChI=1S/C13H24N2O/c14-12-9-13(12)5-1-10(2-6-13)15-7-3-11(16)4-8-15/h10-12,16H,1-9,14H2. The third-order valence-electron chi connectivity index (χ3n) is 5.22. The first-order chi connectivity index (χ1) is 7.70. The Kier molecular flexibility index (Phi) is 2.73. The van der Waals surface area contributed by atoms with E-state index in [0.717, 1.165) is 32.0 Å². The van der Waals surface area contributed by atoms with Gasteiger partial charge in [0.25, 0.3) is 0 Å². The third-order valence-corrected chi connectivity index (χ3v) is 5.22. The molecular weight excluding hydrogens is 200 g/mol. The normalized spacial score (nSPS) is 46.1. The Morgan fingerprint density at radius 1 is 1.06 bits per heavy atom. The van der Waals surface area contributed by atoms with Gasteiger partial charge in [0.2, 0.25) is 0 Å². The topological polar surface area (TPSA) is 49.5 Å². The molecule has 16 heavy (non-hydrogen) atoms. The highest BCUT2D eigenvalue weighted by Gasteiger charge is 2.53. The maximum absolute atomic E-state index is 9.51. The van der Waals surface area contributed by atoms with E-state index in [4.69, 9.17) is 5.73 Å². The maximum Gasteiger partial charge on any atom is 0.0564 e. The lowest BCUT2D eigenvalue weighted by atomic mass is 9.81. The van der Waals surface area contributed by atoms with Gasteiger partial charge in [0.05, 0.1) is 6.10 Å². The van der Waals surface area contributed by atoms with Gasteiger partial charge in [-0.1, -0.05) is 0 Å². The highest BCUT2D eigenvalue weighted by molar-refractivity contribution is 5.08. The summed E-state index contributed by atoms with van der Waals surface area (Å²) in [5, 5.41) is 9.51. The Bertz CT molecular complexity index is 253. The van der Waals surface area contributed by atoms with E-state index in [9.17, 15) is 5.11 Å². The number of hydrogen-bond acceptors (Lipinski definition) is 3. The average molecular weight is 224 g/mol. The van der Waals surface area contributed by atoms with Gasteiger partial charge < -0.3 is 15.7 Å². The molecule has 0 aromatic carbocycles. The van der Waals surface area contributed by atoms with Crippen LogP contribution >= 0.6 is 0 Å². The summed E-state index contributed by atoms with van der Waals surface area (Å²) in [6, 6.07) is 1.29. The first-order valence-electron chi connectivity index (χ1n) is 6.87. The first-order valence-corrected chi connectivity index (χ1v) is 6.87. The second-order valence-corrected chi connectivity index (χ2v) is 6.17. The predicted molar refractivity (Wildman–Crippen MR) is 64.1 cm³/mol. The van der Waals surface area contributed by atoms with E-state index in [-0.39, 0.29) is 6.10 Å². The molecule has 1 heterocycles. The Hall–Kier alpha value is -0.120. The second-order valence-electron chi connectivity index (χ2n) is 6.17. The second kappa shape index (κ2) is 3.97. The lowest BCUT2D eigenvalue weighted by Crippen LogP contribution is -2.44. The van der Waals surface area contributed by atoms with Gasteiger partial charge in [0.1, 0.15) is 0 Å². The summed E-state index contributed by atoms with van der Waals surface area (Å²) in [6.45, 7) is 2.20. The summed E-state index contributed by atoms with van der Waals surface area (Å²) in [5.74, 6) is 0. The fraction of sp³-hybridized carbons (Fsp3) is 1.00. The van der Waals surface area contributed by atoms with Crippen molar-refractivity contribution >= 4 is 0 Å². The molecule has 2 aliphatic carbocycles. The van der Waals surface area contributed by atoms with Crippen molar-refractivity contribution in [3.05, 3.63) is 0 Å². The number of hydrogen-bond donors (Lipinski definition) is 2. The van der Waals surface area contributed by atoms with Crippen LogP contribution in [0.15, 0.2) is 0 Å². The van der Waals surface area contributed by atoms with Crippen LogP contribution in [0.3, 0.4) is 0 Å². The van der Waals surface area contributed by atoms with Crippen LogP contribution in [-0.4, -0.2) is 41.3 Å². The largest absolute Gasteiger partial charge is 0.393 e. The molecule has 1 aliphatic heterocycles. The molecule has 3 aliphatic rings. The molecule has 3 nitrogen and oxygen atoms in total. The van der Waals surface area contributed by atoms with Crippen molar-refractivity contribution in [1.29, 1.82) is 0 Å². The molecule has 3 heteroatoms. The van der Waals surface area contributed by atoms with Crippen molar-refractivity contribution in [3.8, 4) is 0 Å². The number of piperidine rings is 1. The van der Waals surface area contributed by atoms with Crippen LogP contribution < -0.4 is 5.73 Å². The monoisotopic (exact) mass is 224 g/mol. The summed E-state index contributed by atoms with van der Waals surface area (Å²) in [4.78, 5) is 2.60. The van der Waals surface area contributed by atoms with Gasteiger partial charge >= 0.3 is 0 Å². The molecule has 2 saturated carbocycles.